The average Bonchev–Trinajstić information content (AvgIpc) is 3.06. The van der Waals surface area contributed by atoms with Gasteiger partial charge in [-0.2, -0.15) is 0 Å². The average molecular weight is 374 g/mol. The molecule has 0 bridgehead atoms. The number of carbonyl (C=O) groups excluding carboxylic acids is 1. The van der Waals surface area contributed by atoms with Crippen molar-refractivity contribution in [2.45, 2.75) is 26.6 Å². The molecule has 0 atom stereocenters. The van der Waals surface area contributed by atoms with Gasteiger partial charge < -0.3 is 15.0 Å². The molecule has 1 aromatic heterocycles. The standard InChI is InChI=1S/C20H27N3O2S/c1-16-7-12-26-19(16)15-22(2)20(24)21-13-17-5-3-4-6-18(17)14-23-8-10-25-11-9-23/h3-7,12H,8-11,13-15H2,1-2H3,(H,21,24). The van der Waals surface area contributed by atoms with Gasteiger partial charge in [0.2, 0.25) is 0 Å². The summed E-state index contributed by atoms with van der Waals surface area (Å²) >= 11 is 1.69. The maximum Gasteiger partial charge on any atom is 0.317 e. The van der Waals surface area contributed by atoms with E-state index < -0.39 is 0 Å². The Hall–Kier alpha value is -1.89. The Morgan fingerprint density at radius 2 is 1.96 bits per heavy atom. The highest BCUT2D eigenvalue weighted by Gasteiger charge is 2.14. The van der Waals surface area contributed by atoms with Crippen molar-refractivity contribution < 1.29 is 9.53 Å². The number of hydrogen-bond acceptors (Lipinski definition) is 4. The van der Waals surface area contributed by atoms with Crippen LogP contribution in [0.4, 0.5) is 4.79 Å². The molecule has 1 aromatic carbocycles. The Labute approximate surface area is 159 Å². The normalized spacial score (nSPS) is 15.0. The van der Waals surface area contributed by atoms with E-state index in [-0.39, 0.29) is 6.03 Å². The van der Waals surface area contributed by atoms with Crippen molar-refractivity contribution in [1.82, 2.24) is 15.1 Å². The van der Waals surface area contributed by atoms with E-state index >= 15 is 0 Å². The lowest BCUT2D eigenvalue weighted by Crippen LogP contribution is -2.37. The van der Waals surface area contributed by atoms with Crippen LogP contribution in [0.2, 0.25) is 0 Å². The van der Waals surface area contributed by atoms with Gasteiger partial charge in [0.15, 0.2) is 0 Å². The molecule has 1 aliphatic heterocycles. The third kappa shape index (κ3) is 5.06. The molecule has 2 amide bonds. The number of aryl methyl sites for hydroxylation is 1. The molecule has 0 spiro atoms. The van der Waals surface area contributed by atoms with Gasteiger partial charge in [-0.05, 0) is 35.1 Å². The van der Waals surface area contributed by atoms with Crippen LogP contribution in [-0.4, -0.2) is 49.2 Å². The number of benzene rings is 1. The molecule has 1 N–H and O–H groups in total. The summed E-state index contributed by atoms with van der Waals surface area (Å²) in [6.07, 6.45) is 0. The van der Waals surface area contributed by atoms with Crippen LogP contribution < -0.4 is 5.32 Å². The van der Waals surface area contributed by atoms with E-state index in [1.54, 1.807) is 16.2 Å². The zero-order chi connectivity index (χ0) is 18.4. The van der Waals surface area contributed by atoms with Gasteiger partial charge in [-0.15, -0.1) is 11.3 Å². The van der Waals surface area contributed by atoms with E-state index in [2.05, 4.69) is 46.8 Å². The molecule has 6 heteroatoms. The quantitative estimate of drug-likeness (QED) is 0.846. The molecule has 140 valence electrons. The number of urea groups is 1. The van der Waals surface area contributed by atoms with Crippen LogP contribution in [-0.2, 0) is 24.4 Å². The number of carbonyl (C=O) groups is 1. The lowest BCUT2D eigenvalue weighted by molar-refractivity contribution is 0.0341. The molecule has 0 radical (unpaired) electrons. The van der Waals surface area contributed by atoms with E-state index in [0.29, 0.717) is 13.1 Å². The minimum absolute atomic E-state index is 0.0426. The third-order valence-electron chi connectivity index (χ3n) is 4.74. The summed E-state index contributed by atoms with van der Waals surface area (Å²) in [5, 5.41) is 5.12. The third-order valence-corrected chi connectivity index (χ3v) is 5.75. The van der Waals surface area contributed by atoms with Crippen LogP contribution in [0.3, 0.4) is 0 Å². The van der Waals surface area contributed by atoms with Gasteiger partial charge in [0.05, 0.1) is 19.8 Å². The second kappa shape index (κ2) is 9.16. The van der Waals surface area contributed by atoms with Crippen molar-refractivity contribution in [1.29, 1.82) is 0 Å². The Bertz CT molecular complexity index is 725. The molecule has 2 heterocycles. The molecule has 0 unspecified atom stereocenters. The topological polar surface area (TPSA) is 44.8 Å². The Kier molecular flexibility index (Phi) is 6.66. The molecule has 2 aromatic rings. The summed E-state index contributed by atoms with van der Waals surface area (Å²) in [7, 11) is 1.84. The zero-order valence-electron chi connectivity index (χ0n) is 15.5. The lowest BCUT2D eigenvalue weighted by atomic mass is 10.1. The van der Waals surface area contributed by atoms with Crippen LogP contribution in [0.25, 0.3) is 0 Å². The number of ether oxygens (including phenoxy) is 1. The number of morpholine rings is 1. The van der Waals surface area contributed by atoms with Crippen molar-refractivity contribution in [3.63, 3.8) is 0 Å². The highest BCUT2D eigenvalue weighted by molar-refractivity contribution is 7.10. The first kappa shape index (κ1) is 18.9. The first-order valence-electron chi connectivity index (χ1n) is 9.02. The minimum atomic E-state index is -0.0426. The fourth-order valence-corrected chi connectivity index (χ4v) is 4.00. The summed E-state index contributed by atoms with van der Waals surface area (Å²) in [6.45, 7) is 7.70. The highest BCUT2D eigenvalue weighted by Crippen LogP contribution is 2.17. The number of nitrogens with zero attached hydrogens (tertiary/aromatic N) is 2. The van der Waals surface area contributed by atoms with Gasteiger partial charge in [-0.3, -0.25) is 4.90 Å². The molecule has 0 aliphatic carbocycles. The Balaban J connectivity index is 1.55. The molecule has 3 rings (SSSR count). The first-order valence-corrected chi connectivity index (χ1v) is 9.90. The summed E-state index contributed by atoms with van der Waals surface area (Å²) in [5.41, 5.74) is 3.69. The van der Waals surface area contributed by atoms with Gasteiger partial charge in [-0.25, -0.2) is 4.79 Å². The largest absolute Gasteiger partial charge is 0.379 e. The predicted octanol–water partition coefficient (Wildman–Crippen LogP) is 3.23. The summed E-state index contributed by atoms with van der Waals surface area (Å²) < 4.78 is 5.42. The van der Waals surface area contributed by atoms with E-state index in [1.165, 1.54) is 21.6 Å². The molecule has 0 saturated carbocycles. The summed E-state index contributed by atoms with van der Waals surface area (Å²) in [5.74, 6) is 0. The number of thiophene rings is 1. The number of amides is 2. The maximum absolute atomic E-state index is 12.4. The van der Waals surface area contributed by atoms with Crippen LogP contribution >= 0.6 is 11.3 Å². The Morgan fingerprint density at radius 3 is 2.65 bits per heavy atom. The highest BCUT2D eigenvalue weighted by atomic mass is 32.1. The fourth-order valence-electron chi connectivity index (χ4n) is 3.04. The van der Waals surface area contributed by atoms with E-state index in [9.17, 15) is 4.79 Å². The van der Waals surface area contributed by atoms with Crippen molar-refractivity contribution in [2.24, 2.45) is 0 Å². The van der Waals surface area contributed by atoms with Gasteiger partial charge in [-0.1, -0.05) is 24.3 Å². The number of rotatable bonds is 6. The van der Waals surface area contributed by atoms with Crippen molar-refractivity contribution >= 4 is 17.4 Å². The van der Waals surface area contributed by atoms with Crippen LogP contribution in [0.1, 0.15) is 21.6 Å². The van der Waals surface area contributed by atoms with E-state index in [1.807, 2.05) is 13.1 Å². The maximum atomic E-state index is 12.4. The smallest absolute Gasteiger partial charge is 0.317 e. The van der Waals surface area contributed by atoms with Crippen molar-refractivity contribution in [2.75, 3.05) is 33.4 Å². The van der Waals surface area contributed by atoms with Gasteiger partial charge in [0.1, 0.15) is 0 Å². The summed E-state index contributed by atoms with van der Waals surface area (Å²) in [6, 6.07) is 10.4. The molecule has 1 fully saturated rings. The molecule has 5 nitrogen and oxygen atoms in total. The summed E-state index contributed by atoms with van der Waals surface area (Å²) in [4.78, 5) is 17.8. The van der Waals surface area contributed by atoms with Gasteiger partial charge in [0, 0.05) is 38.1 Å². The van der Waals surface area contributed by atoms with Gasteiger partial charge in [0.25, 0.3) is 0 Å². The second-order valence-corrected chi connectivity index (χ2v) is 7.70. The van der Waals surface area contributed by atoms with Crippen molar-refractivity contribution in [3.8, 4) is 0 Å². The van der Waals surface area contributed by atoms with Gasteiger partial charge >= 0.3 is 6.03 Å². The number of hydrogen-bond donors (Lipinski definition) is 1. The molecule has 26 heavy (non-hydrogen) atoms. The SMILES string of the molecule is Cc1ccsc1CN(C)C(=O)NCc1ccccc1CN1CCOCC1. The molecular weight excluding hydrogens is 346 g/mol. The lowest BCUT2D eigenvalue weighted by Gasteiger charge is -2.27. The first-order chi connectivity index (χ1) is 12.6. The van der Waals surface area contributed by atoms with Crippen molar-refractivity contribution in [3.05, 3.63) is 57.3 Å². The molecule has 1 saturated heterocycles. The molecular formula is C20H27N3O2S. The van der Waals surface area contributed by atoms with Crippen LogP contribution in [0.15, 0.2) is 35.7 Å². The minimum Gasteiger partial charge on any atom is -0.379 e. The fraction of sp³-hybridized carbons (Fsp3) is 0.450. The Morgan fingerprint density at radius 1 is 1.23 bits per heavy atom. The number of nitrogens with one attached hydrogen (secondary N) is 1. The van der Waals surface area contributed by atoms with E-state index in [0.717, 1.165) is 32.8 Å². The second-order valence-electron chi connectivity index (χ2n) is 6.70. The zero-order valence-corrected chi connectivity index (χ0v) is 16.3. The van der Waals surface area contributed by atoms with E-state index in [4.69, 9.17) is 4.74 Å². The predicted molar refractivity (Wildman–Crippen MR) is 105 cm³/mol. The molecule has 1 aliphatic rings. The van der Waals surface area contributed by atoms with Crippen LogP contribution in [0.5, 0.6) is 0 Å². The monoisotopic (exact) mass is 373 g/mol. The van der Waals surface area contributed by atoms with Crippen LogP contribution in [0, 0.1) is 6.92 Å².